The van der Waals surface area contributed by atoms with Crippen molar-refractivity contribution in [1.29, 1.82) is 0 Å². The molecule has 5 aromatic rings. The summed E-state index contributed by atoms with van der Waals surface area (Å²) in [6.45, 7) is 10.9. The van der Waals surface area contributed by atoms with Crippen molar-refractivity contribution >= 4 is 38.0 Å². The molecule has 0 amide bonds. The SMILES string of the molecule is CCCCOCCCN(Cc1cc(C)cc(-c2cc(C)cc(-c3cc(C)cc(CN(CCCOCCCC)S(=O)(=O)c4ccc(C)cc4)c3OCC(=O)[O-])c2OCC(=O)[O-])c1OCC(=O)[O-])S(=O)(=O)c1ccc(C)cc1.[Nd+3]. The van der Waals surface area contributed by atoms with Crippen molar-refractivity contribution in [2.75, 3.05) is 59.3 Å². The molecule has 0 aliphatic heterocycles. The molecule has 17 nitrogen and oxygen atoms in total. The van der Waals surface area contributed by atoms with Gasteiger partial charge < -0.3 is 53.4 Å². The minimum absolute atomic E-state index is 0. The maximum absolute atomic E-state index is 14.5. The van der Waals surface area contributed by atoms with Crippen LogP contribution >= 0.6 is 0 Å². The minimum Gasteiger partial charge on any atom is -0.546 e. The number of carbonyl (C=O) groups is 3. The van der Waals surface area contributed by atoms with E-state index in [2.05, 4.69) is 0 Å². The van der Waals surface area contributed by atoms with Crippen LogP contribution in [0.1, 0.15) is 91.3 Å². The number of ether oxygens (including phenoxy) is 5. The zero-order valence-electron chi connectivity index (χ0n) is 44.9. The molecular formula is C57H69N2NdO15S2. The minimum atomic E-state index is -4.21. The van der Waals surface area contributed by atoms with Gasteiger partial charge in [-0.05, 0) is 126 Å². The summed E-state index contributed by atoms with van der Waals surface area (Å²) in [5, 5.41) is 36.6. The van der Waals surface area contributed by atoms with Crippen LogP contribution in [0.4, 0.5) is 0 Å². The summed E-state index contributed by atoms with van der Waals surface area (Å²) >= 11 is 0. The first-order valence-corrected chi connectivity index (χ1v) is 28.2. The van der Waals surface area contributed by atoms with E-state index in [4.69, 9.17) is 23.7 Å². The number of aliphatic carboxylic acids is 3. The molecule has 0 unspecified atom stereocenters. The Labute approximate surface area is 486 Å². The first-order valence-electron chi connectivity index (χ1n) is 25.4. The number of rotatable bonds is 33. The monoisotopic (exact) mass is 1230 g/mol. The Morgan fingerprint density at radius 2 is 0.740 bits per heavy atom. The van der Waals surface area contributed by atoms with Gasteiger partial charge in [-0.1, -0.05) is 74.2 Å². The Morgan fingerprint density at radius 3 is 1.06 bits per heavy atom. The fourth-order valence-corrected chi connectivity index (χ4v) is 11.4. The second-order valence-corrected chi connectivity index (χ2v) is 22.6. The van der Waals surface area contributed by atoms with Crippen molar-refractivity contribution in [3.8, 4) is 39.5 Å². The molecule has 1 radical (unpaired) electrons. The molecule has 0 saturated heterocycles. The summed E-state index contributed by atoms with van der Waals surface area (Å²) in [5.74, 6) is -5.08. The molecule has 413 valence electrons. The molecule has 0 heterocycles. The summed E-state index contributed by atoms with van der Waals surface area (Å²) in [7, 11) is -8.42. The van der Waals surface area contributed by atoms with E-state index >= 15 is 0 Å². The molecule has 0 aliphatic carbocycles. The second kappa shape index (κ2) is 31.0. The van der Waals surface area contributed by atoms with Crippen LogP contribution in [-0.2, 0) is 57.0 Å². The Bertz CT molecular complexity index is 2820. The molecule has 5 rings (SSSR count). The number of carboxylic acid groups (broad SMARTS) is 3. The predicted molar refractivity (Wildman–Crippen MR) is 281 cm³/mol. The number of carbonyl (C=O) groups excluding carboxylic acids is 3. The first-order chi connectivity index (χ1) is 36.2. The van der Waals surface area contributed by atoms with Gasteiger partial charge in [0.15, 0.2) is 0 Å². The van der Waals surface area contributed by atoms with Crippen molar-refractivity contribution in [3.05, 3.63) is 124 Å². The van der Waals surface area contributed by atoms with Crippen molar-refractivity contribution in [3.63, 3.8) is 0 Å². The summed E-state index contributed by atoms with van der Waals surface area (Å²) in [6, 6.07) is 22.7. The van der Waals surface area contributed by atoms with Crippen molar-refractivity contribution in [2.45, 2.75) is 110 Å². The average Bonchev–Trinajstić information content (AvgIpc) is 3.36. The summed E-state index contributed by atoms with van der Waals surface area (Å²) in [4.78, 5) is 36.7. The number of nitrogens with zero attached hydrogens (tertiary/aromatic N) is 2. The third-order valence-corrected chi connectivity index (χ3v) is 15.8. The zero-order chi connectivity index (χ0) is 55.6. The van der Waals surface area contributed by atoms with Gasteiger partial charge in [-0.3, -0.25) is 0 Å². The molecule has 20 heteroatoms. The molecule has 0 aliphatic rings. The maximum atomic E-state index is 14.5. The smallest absolute Gasteiger partial charge is 0.546 e. The average molecular weight is 1230 g/mol. The standard InChI is InChI=1S/C57H72N2O15S2.Nd/c1-8-10-24-70-26-12-22-58(75(66,67)46-18-14-39(3)15-19-46)34-44-28-41(5)30-48(55(44)72-36-52(60)61)50-32-43(7)33-51(57(50)74-38-54(64)65)49-31-42(6)29-45(56(49)73-37-53(62)63)35-59(23-13-27-71-25-11-9-2)76(68,69)47-20-16-40(4)17-21-47;/h14-21,28-33H,8-13,22-27,34-38H2,1-7H3,(H,60,61)(H,62,63)(H,64,65);/q;+3/p-3. The van der Waals surface area contributed by atoms with E-state index in [1.54, 1.807) is 81.4 Å². The van der Waals surface area contributed by atoms with E-state index in [0.717, 1.165) is 36.8 Å². The molecule has 0 N–H and O–H groups in total. The quantitative estimate of drug-likeness (QED) is 0.0455. The summed E-state index contributed by atoms with van der Waals surface area (Å²) in [6.07, 6.45) is 4.13. The third kappa shape index (κ3) is 18.8. The molecule has 0 spiro atoms. The van der Waals surface area contributed by atoms with Crippen LogP contribution in [0.5, 0.6) is 17.2 Å². The molecule has 0 fully saturated rings. The van der Waals surface area contributed by atoms with Gasteiger partial charge in [0.2, 0.25) is 20.0 Å². The van der Waals surface area contributed by atoms with Crippen LogP contribution in [0.15, 0.2) is 94.7 Å². The van der Waals surface area contributed by atoms with Gasteiger partial charge in [-0.15, -0.1) is 0 Å². The van der Waals surface area contributed by atoms with Crippen LogP contribution in [-0.4, -0.2) is 103 Å². The summed E-state index contributed by atoms with van der Waals surface area (Å²) < 4.78 is 90.5. The van der Waals surface area contributed by atoms with Gasteiger partial charge in [-0.2, -0.15) is 8.61 Å². The van der Waals surface area contributed by atoms with Crippen molar-refractivity contribution < 1.29 is 111 Å². The van der Waals surface area contributed by atoms with E-state index in [-0.39, 0.29) is 141 Å². The van der Waals surface area contributed by atoms with Gasteiger partial charge >= 0.3 is 40.8 Å². The maximum Gasteiger partial charge on any atom is 3.00 e. The Morgan fingerprint density at radius 1 is 0.442 bits per heavy atom. The number of hydrogen-bond acceptors (Lipinski definition) is 15. The van der Waals surface area contributed by atoms with E-state index in [1.807, 2.05) is 27.7 Å². The fourth-order valence-electron chi connectivity index (χ4n) is 8.44. The Balaban J connectivity index is 0.0000128. The molecule has 5 aromatic carbocycles. The van der Waals surface area contributed by atoms with Crippen LogP contribution < -0.4 is 29.5 Å². The third-order valence-electron chi connectivity index (χ3n) is 12.1. The normalized spacial score (nSPS) is 11.6. The van der Waals surface area contributed by atoms with Crippen LogP contribution in [0, 0.1) is 75.5 Å². The second-order valence-electron chi connectivity index (χ2n) is 18.7. The van der Waals surface area contributed by atoms with E-state index in [9.17, 15) is 46.5 Å². The molecule has 77 heavy (non-hydrogen) atoms. The van der Waals surface area contributed by atoms with E-state index in [0.29, 0.717) is 42.7 Å². The fraction of sp³-hybridized carbons (Fsp3) is 0.421. The summed E-state index contributed by atoms with van der Waals surface area (Å²) in [5.41, 5.74) is 4.51. The molecule has 0 bridgehead atoms. The number of carboxylic acids is 3. The molecule has 0 aromatic heterocycles. The van der Waals surface area contributed by atoms with Crippen LogP contribution in [0.2, 0.25) is 0 Å². The van der Waals surface area contributed by atoms with Gasteiger partial charge in [0.25, 0.3) is 0 Å². The predicted octanol–water partition coefficient (Wildman–Crippen LogP) is 5.74. The van der Waals surface area contributed by atoms with Gasteiger partial charge in [0, 0.05) is 86.0 Å². The molecular weight excluding hydrogens is 1160 g/mol. The van der Waals surface area contributed by atoms with Gasteiger partial charge in [0.1, 0.15) is 37.1 Å². The Kier molecular flexibility index (Phi) is 25.9. The largest absolute Gasteiger partial charge is 3.00 e. The van der Waals surface area contributed by atoms with Gasteiger partial charge in [0.05, 0.1) is 27.7 Å². The Hall–Kier alpha value is -5.00. The first kappa shape index (κ1) is 64.5. The van der Waals surface area contributed by atoms with Crippen LogP contribution in [0.25, 0.3) is 22.3 Å². The number of sulfonamides is 2. The topological polar surface area (TPSA) is 241 Å². The van der Waals surface area contributed by atoms with E-state index < -0.39 is 57.8 Å². The van der Waals surface area contributed by atoms with Crippen molar-refractivity contribution in [2.24, 2.45) is 0 Å². The number of benzene rings is 5. The van der Waals surface area contributed by atoms with Crippen LogP contribution in [0.3, 0.4) is 0 Å². The molecule has 0 saturated carbocycles. The number of hydrogen-bond donors (Lipinski definition) is 0. The molecule has 0 atom stereocenters. The number of aryl methyl sites for hydroxylation is 5. The van der Waals surface area contributed by atoms with E-state index in [1.165, 1.54) is 32.9 Å². The zero-order valence-corrected chi connectivity index (χ0v) is 49.8. The van der Waals surface area contributed by atoms with Gasteiger partial charge in [-0.25, -0.2) is 16.8 Å². The van der Waals surface area contributed by atoms with Crippen molar-refractivity contribution in [1.82, 2.24) is 8.61 Å². The number of unbranched alkanes of at least 4 members (excludes halogenated alkanes) is 2.